The summed E-state index contributed by atoms with van der Waals surface area (Å²) in [7, 11) is 0. The van der Waals surface area contributed by atoms with Gasteiger partial charge in [-0.05, 0) is 35.3 Å². The monoisotopic (exact) mass is 307 g/mol. The van der Waals surface area contributed by atoms with E-state index in [0.29, 0.717) is 10.8 Å². The molecule has 0 unspecified atom stereocenters. The molecule has 0 aliphatic rings. The van der Waals surface area contributed by atoms with Gasteiger partial charge >= 0.3 is 5.51 Å². The van der Waals surface area contributed by atoms with Crippen LogP contribution in [0.5, 0.6) is 0 Å². The van der Waals surface area contributed by atoms with E-state index in [1.165, 1.54) is 24.4 Å². The number of nitrogens with zero attached hydrogens (tertiary/aromatic N) is 1. The third kappa shape index (κ3) is 2.85. The van der Waals surface area contributed by atoms with E-state index >= 15 is 0 Å². The summed E-state index contributed by atoms with van der Waals surface area (Å²) in [6.45, 7) is 0. The zero-order chi connectivity index (χ0) is 15.0. The summed E-state index contributed by atoms with van der Waals surface area (Å²) in [5.74, 6) is 0. The van der Waals surface area contributed by atoms with Gasteiger partial charge in [-0.1, -0.05) is 24.3 Å². The Morgan fingerprint density at radius 1 is 1.00 bits per heavy atom. The molecule has 1 heterocycles. The lowest BCUT2D eigenvalue weighted by Gasteiger charge is -2.05. The summed E-state index contributed by atoms with van der Waals surface area (Å²) in [4.78, 5) is 16.5. The van der Waals surface area contributed by atoms with Crippen molar-refractivity contribution in [1.29, 1.82) is 0 Å². The van der Waals surface area contributed by atoms with Crippen molar-refractivity contribution < 1.29 is 13.2 Å². The molecular formula is C15H8F3NOS. The highest BCUT2D eigenvalue weighted by Gasteiger charge is 2.29. The van der Waals surface area contributed by atoms with Gasteiger partial charge in [-0.3, -0.25) is 9.78 Å². The number of rotatable bonds is 1. The number of thioether (sulfide) groups is 1. The number of halogens is 3. The number of alkyl halides is 3. The first kappa shape index (κ1) is 13.9. The Morgan fingerprint density at radius 2 is 1.71 bits per heavy atom. The smallest absolute Gasteiger partial charge is 0.287 e. The molecule has 106 valence electrons. The molecule has 1 aromatic heterocycles. The standard InChI is InChI=1S/C15H8F3NOS/c16-15(17,18)21-11-6-5-9-3-4-10-2-1-7-19-13(10)14(20)12(9)8-11/h1-8H. The van der Waals surface area contributed by atoms with Crippen LogP contribution in [0.25, 0.3) is 21.7 Å². The van der Waals surface area contributed by atoms with Crippen LogP contribution in [0.3, 0.4) is 0 Å². The molecule has 0 fully saturated rings. The number of pyridine rings is 1. The van der Waals surface area contributed by atoms with Crippen LogP contribution >= 0.6 is 11.8 Å². The van der Waals surface area contributed by atoms with Crippen LogP contribution in [0.1, 0.15) is 0 Å². The average Bonchev–Trinajstić information content (AvgIpc) is 2.56. The second-order valence-corrected chi connectivity index (χ2v) is 5.54. The highest BCUT2D eigenvalue weighted by molar-refractivity contribution is 8.00. The Hall–Kier alpha value is -2.08. The molecule has 0 saturated carbocycles. The third-order valence-electron chi connectivity index (χ3n) is 3.00. The maximum Gasteiger partial charge on any atom is 0.446 e. The van der Waals surface area contributed by atoms with Crippen LogP contribution in [0.15, 0.2) is 58.4 Å². The average molecular weight is 307 g/mol. The fraction of sp³-hybridized carbons (Fsp3) is 0.0667. The summed E-state index contributed by atoms with van der Waals surface area (Å²) in [6, 6.07) is 11.0. The number of benzene rings is 1. The summed E-state index contributed by atoms with van der Waals surface area (Å²) >= 11 is -0.233. The van der Waals surface area contributed by atoms with Crippen LogP contribution < -0.4 is 5.43 Å². The van der Waals surface area contributed by atoms with Crippen LogP contribution in [-0.2, 0) is 0 Å². The summed E-state index contributed by atoms with van der Waals surface area (Å²) in [5.41, 5.74) is -4.49. The van der Waals surface area contributed by atoms with Crippen molar-refractivity contribution in [2.75, 3.05) is 0 Å². The molecule has 0 spiro atoms. The molecule has 3 aromatic rings. The van der Waals surface area contributed by atoms with Crippen molar-refractivity contribution in [2.45, 2.75) is 10.4 Å². The molecule has 0 radical (unpaired) electrons. The molecule has 21 heavy (non-hydrogen) atoms. The van der Waals surface area contributed by atoms with E-state index in [2.05, 4.69) is 4.98 Å². The number of fused-ring (bicyclic) bond motifs is 2. The van der Waals surface area contributed by atoms with Gasteiger partial charge in [-0.15, -0.1) is 0 Å². The lowest BCUT2D eigenvalue weighted by Crippen LogP contribution is -2.02. The van der Waals surface area contributed by atoms with Crippen molar-refractivity contribution in [3.63, 3.8) is 0 Å². The van der Waals surface area contributed by atoms with Crippen LogP contribution in [-0.4, -0.2) is 10.5 Å². The Labute approximate surface area is 121 Å². The molecule has 0 aliphatic carbocycles. The van der Waals surface area contributed by atoms with Gasteiger partial charge in [0.15, 0.2) is 0 Å². The van der Waals surface area contributed by atoms with Crippen LogP contribution in [0, 0.1) is 0 Å². The van der Waals surface area contributed by atoms with Gasteiger partial charge in [0.1, 0.15) is 5.52 Å². The molecule has 0 atom stereocenters. The predicted octanol–water partition coefficient (Wildman–Crippen LogP) is 4.36. The number of hydrogen-bond donors (Lipinski definition) is 0. The quantitative estimate of drug-likeness (QED) is 0.626. The van der Waals surface area contributed by atoms with Gasteiger partial charge in [0, 0.05) is 21.9 Å². The third-order valence-corrected chi connectivity index (χ3v) is 3.72. The molecule has 6 heteroatoms. The molecule has 0 aliphatic heterocycles. The Morgan fingerprint density at radius 3 is 2.48 bits per heavy atom. The molecular weight excluding hydrogens is 299 g/mol. The molecule has 0 saturated heterocycles. The van der Waals surface area contributed by atoms with E-state index < -0.39 is 5.51 Å². The normalized spacial score (nSPS) is 12.0. The number of aromatic nitrogens is 1. The summed E-state index contributed by atoms with van der Waals surface area (Å²) in [5, 5.41) is 1.48. The molecule has 0 amide bonds. The van der Waals surface area contributed by atoms with E-state index in [0.717, 1.165) is 0 Å². The molecule has 0 bridgehead atoms. The van der Waals surface area contributed by atoms with Gasteiger partial charge in [-0.25, -0.2) is 0 Å². The number of hydrogen-bond acceptors (Lipinski definition) is 3. The van der Waals surface area contributed by atoms with Crippen molar-refractivity contribution in [1.82, 2.24) is 4.98 Å². The topological polar surface area (TPSA) is 30.0 Å². The van der Waals surface area contributed by atoms with E-state index in [4.69, 9.17) is 0 Å². The van der Waals surface area contributed by atoms with Crippen molar-refractivity contribution in [3.8, 4) is 0 Å². The fourth-order valence-corrected chi connectivity index (χ4v) is 2.70. The largest absolute Gasteiger partial charge is 0.446 e. The van der Waals surface area contributed by atoms with Gasteiger partial charge in [0.05, 0.1) is 0 Å². The minimum atomic E-state index is -4.38. The predicted molar refractivity (Wildman–Crippen MR) is 77.4 cm³/mol. The maximum absolute atomic E-state index is 12.5. The van der Waals surface area contributed by atoms with E-state index in [9.17, 15) is 18.0 Å². The first-order chi connectivity index (χ1) is 9.94. The Kier molecular flexibility index (Phi) is 3.33. The van der Waals surface area contributed by atoms with Gasteiger partial charge < -0.3 is 0 Å². The first-order valence-electron chi connectivity index (χ1n) is 6.02. The van der Waals surface area contributed by atoms with Gasteiger partial charge in [0.2, 0.25) is 5.43 Å². The lowest BCUT2D eigenvalue weighted by molar-refractivity contribution is -0.0328. The summed E-state index contributed by atoms with van der Waals surface area (Å²) in [6.07, 6.45) is 1.49. The zero-order valence-corrected chi connectivity index (χ0v) is 11.3. The molecule has 2 nitrogen and oxygen atoms in total. The SMILES string of the molecule is O=c1c2cc(SC(F)(F)F)ccc2ccc2cccnc12. The van der Waals surface area contributed by atoms with E-state index in [-0.39, 0.29) is 33.0 Å². The second kappa shape index (κ2) is 5.04. The Balaban J connectivity index is 2.32. The van der Waals surface area contributed by atoms with E-state index in [1.54, 1.807) is 24.3 Å². The van der Waals surface area contributed by atoms with Crippen LogP contribution in [0.2, 0.25) is 0 Å². The molecule has 3 rings (SSSR count). The minimum absolute atomic E-state index is 0.0117. The van der Waals surface area contributed by atoms with E-state index in [1.807, 2.05) is 0 Å². The van der Waals surface area contributed by atoms with Crippen molar-refractivity contribution >= 4 is 33.4 Å². The minimum Gasteiger partial charge on any atom is -0.287 e. The van der Waals surface area contributed by atoms with Crippen molar-refractivity contribution in [3.05, 3.63) is 58.9 Å². The maximum atomic E-state index is 12.5. The van der Waals surface area contributed by atoms with Gasteiger partial charge in [-0.2, -0.15) is 13.2 Å². The fourth-order valence-electron chi connectivity index (χ4n) is 2.12. The highest BCUT2D eigenvalue weighted by Crippen LogP contribution is 2.37. The zero-order valence-electron chi connectivity index (χ0n) is 10.5. The van der Waals surface area contributed by atoms with Gasteiger partial charge in [0.25, 0.3) is 0 Å². The molecule has 0 N–H and O–H groups in total. The lowest BCUT2D eigenvalue weighted by atomic mass is 10.2. The summed E-state index contributed by atoms with van der Waals surface area (Å²) < 4.78 is 37.3. The second-order valence-electron chi connectivity index (χ2n) is 4.40. The van der Waals surface area contributed by atoms with Crippen LogP contribution in [0.4, 0.5) is 13.2 Å². The first-order valence-corrected chi connectivity index (χ1v) is 6.83. The van der Waals surface area contributed by atoms with Crippen molar-refractivity contribution in [2.24, 2.45) is 0 Å². The Bertz CT molecular complexity index is 893. The highest BCUT2D eigenvalue weighted by atomic mass is 32.2. The molecule has 2 aromatic carbocycles.